The van der Waals surface area contributed by atoms with E-state index in [-0.39, 0.29) is 17.9 Å². The van der Waals surface area contributed by atoms with Crippen molar-refractivity contribution in [2.75, 3.05) is 22.6 Å². The zero-order valence-electron chi connectivity index (χ0n) is 19.8. The summed E-state index contributed by atoms with van der Waals surface area (Å²) >= 11 is 0. The van der Waals surface area contributed by atoms with Gasteiger partial charge in [-0.05, 0) is 37.0 Å². The van der Waals surface area contributed by atoms with Crippen LogP contribution in [0.3, 0.4) is 0 Å². The minimum Gasteiger partial charge on any atom is -0.350 e. The highest BCUT2D eigenvalue weighted by molar-refractivity contribution is 6.03. The molecule has 9 nitrogen and oxygen atoms in total. The highest BCUT2D eigenvalue weighted by Gasteiger charge is 2.35. The second kappa shape index (κ2) is 9.01. The number of carbonyl (C=O) groups is 1. The van der Waals surface area contributed by atoms with Gasteiger partial charge in [-0.25, -0.2) is 4.98 Å². The van der Waals surface area contributed by atoms with Crippen molar-refractivity contribution in [2.24, 2.45) is 5.92 Å². The third kappa shape index (κ3) is 4.72. The Kier molecular flexibility index (Phi) is 6.13. The molecular formula is C24H30N8O. The number of nitrogens with zero attached hydrogens (tertiary/aromatic N) is 6. The minimum atomic E-state index is -0.267. The number of pyridine rings is 1. The average molecular weight is 447 g/mol. The molecule has 3 aromatic rings. The van der Waals surface area contributed by atoms with E-state index >= 15 is 0 Å². The summed E-state index contributed by atoms with van der Waals surface area (Å²) in [6.45, 7) is 13.0. The molecule has 0 spiro atoms. The van der Waals surface area contributed by atoms with E-state index in [0.29, 0.717) is 24.7 Å². The fourth-order valence-corrected chi connectivity index (χ4v) is 4.02. The normalized spacial score (nSPS) is 15.4. The number of fused-ring (bicyclic) bond motifs is 1. The molecule has 4 rings (SSSR count). The van der Waals surface area contributed by atoms with Gasteiger partial charge in [0.25, 0.3) is 0 Å². The van der Waals surface area contributed by atoms with Crippen LogP contribution in [-0.2, 0) is 17.9 Å². The molecule has 172 valence electrons. The Morgan fingerprint density at radius 2 is 2.03 bits per heavy atom. The summed E-state index contributed by atoms with van der Waals surface area (Å²) in [5.74, 6) is 1.38. The molecule has 3 aromatic heterocycles. The fourth-order valence-electron chi connectivity index (χ4n) is 4.02. The molecule has 2 N–H and O–H groups in total. The maximum Gasteiger partial charge on any atom is 0.247 e. The lowest BCUT2D eigenvalue weighted by Crippen LogP contribution is -2.49. The van der Waals surface area contributed by atoms with E-state index < -0.39 is 0 Å². The van der Waals surface area contributed by atoms with Crippen LogP contribution in [0.25, 0.3) is 5.57 Å². The van der Waals surface area contributed by atoms with Crippen LogP contribution < -0.4 is 15.5 Å². The lowest BCUT2D eigenvalue weighted by atomic mass is 9.99. The molecule has 0 aliphatic carbocycles. The van der Waals surface area contributed by atoms with Crippen LogP contribution in [0.5, 0.6) is 0 Å². The minimum absolute atomic E-state index is 0.0238. The number of amides is 1. The van der Waals surface area contributed by atoms with Crippen molar-refractivity contribution in [1.29, 1.82) is 0 Å². The van der Waals surface area contributed by atoms with E-state index in [9.17, 15) is 4.79 Å². The third-order valence-corrected chi connectivity index (χ3v) is 5.71. The molecule has 0 fully saturated rings. The zero-order chi connectivity index (χ0) is 23.7. The van der Waals surface area contributed by atoms with Gasteiger partial charge >= 0.3 is 0 Å². The fraction of sp³-hybridized carbons (Fsp3) is 0.375. The highest BCUT2D eigenvalue weighted by Crippen LogP contribution is 2.34. The van der Waals surface area contributed by atoms with Gasteiger partial charge in [0.1, 0.15) is 11.7 Å². The molecule has 0 unspecified atom stereocenters. The van der Waals surface area contributed by atoms with Crippen LogP contribution in [0, 0.1) is 12.8 Å². The van der Waals surface area contributed by atoms with E-state index in [0.717, 1.165) is 33.9 Å². The van der Waals surface area contributed by atoms with Crippen molar-refractivity contribution >= 4 is 28.9 Å². The average Bonchev–Trinajstić information content (AvgIpc) is 3.20. The third-order valence-electron chi connectivity index (χ3n) is 5.71. The van der Waals surface area contributed by atoms with Crippen LogP contribution >= 0.6 is 0 Å². The standard InChI is InChI=1S/C24H30N8O/c1-14(2)19-8-7-17(9-25-19)12-32-13-18(11-27-32)10-26-24-28-16(5)20-22(30-24)31(6)21(15(3)4)23(33)29-20/h7-9,11,13,15,21H,1,10,12H2,2-6H3,(H,29,33)(H,26,28,30)/t21-/m0/s1. The van der Waals surface area contributed by atoms with E-state index in [1.165, 1.54) is 0 Å². The Balaban J connectivity index is 1.44. The predicted molar refractivity (Wildman–Crippen MR) is 130 cm³/mol. The van der Waals surface area contributed by atoms with Gasteiger partial charge in [-0.15, -0.1) is 0 Å². The number of carbonyl (C=O) groups excluding carboxylic acids is 1. The molecule has 1 aliphatic rings. The summed E-state index contributed by atoms with van der Waals surface area (Å²) in [6, 6.07) is 3.75. The van der Waals surface area contributed by atoms with Crippen molar-refractivity contribution in [3.63, 3.8) is 0 Å². The lowest BCUT2D eigenvalue weighted by molar-refractivity contribution is -0.118. The molecule has 1 amide bonds. The molecule has 0 radical (unpaired) electrons. The summed E-state index contributed by atoms with van der Waals surface area (Å²) in [5, 5.41) is 10.7. The maximum absolute atomic E-state index is 12.5. The largest absolute Gasteiger partial charge is 0.350 e. The summed E-state index contributed by atoms with van der Waals surface area (Å²) in [6.07, 6.45) is 5.67. The summed E-state index contributed by atoms with van der Waals surface area (Å²) in [5.41, 5.74) is 5.33. The smallest absolute Gasteiger partial charge is 0.247 e. The van der Waals surface area contributed by atoms with Crippen LogP contribution in [0.2, 0.25) is 0 Å². The molecule has 4 heterocycles. The molecule has 0 aromatic carbocycles. The first kappa shape index (κ1) is 22.4. The van der Waals surface area contributed by atoms with Crippen molar-refractivity contribution in [3.05, 3.63) is 59.8 Å². The number of nitrogens with one attached hydrogen (secondary N) is 2. The van der Waals surface area contributed by atoms with E-state index in [2.05, 4.69) is 37.3 Å². The second-order valence-corrected chi connectivity index (χ2v) is 8.85. The van der Waals surface area contributed by atoms with Gasteiger partial charge in [0.05, 0.1) is 24.1 Å². The van der Waals surface area contributed by atoms with Crippen molar-refractivity contribution in [3.8, 4) is 0 Å². The Morgan fingerprint density at radius 3 is 2.70 bits per heavy atom. The first-order valence-corrected chi connectivity index (χ1v) is 11.0. The summed E-state index contributed by atoms with van der Waals surface area (Å²) in [7, 11) is 1.90. The Hall–Kier alpha value is -3.75. The van der Waals surface area contributed by atoms with Crippen LogP contribution in [0.4, 0.5) is 17.5 Å². The van der Waals surface area contributed by atoms with E-state index in [4.69, 9.17) is 0 Å². The monoisotopic (exact) mass is 446 g/mol. The van der Waals surface area contributed by atoms with Crippen LogP contribution in [-0.4, -0.2) is 43.7 Å². The molecule has 0 bridgehead atoms. The van der Waals surface area contributed by atoms with Gasteiger partial charge in [-0.3, -0.25) is 14.5 Å². The molecule has 33 heavy (non-hydrogen) atoms. The zero-order valence-corrected chi connectivity index (χ0v) is 19.8. The Morgan fingerprint density at radius 1 is 1.24 bits per heavy atom. The van der Waals surface area contributed by atoms with Gasteiger partial charge < -0.3 is 15.5 Å². The first-order valence-electron chi connectivity index (χ1n) is 11.0. The van der Waals surface area contributed by atoms with Crippen LogP contribution in [0.1, 0.15) is 43.3 Å². The van der Waals surface area contributed by atoms with Crippen molar-refractivity contribution in [2.45, 2.75) is 46.8 Å². The molecule has 0 saturated heterocycles. The number of hydrogen-bond acceptors (Lipinski definition) is 7. The number of anilines is 3. The van der Waals surface area contributed by atoms with Crippen molar-refractivity contribution < 1.29 is 4.79 Å². The number of likely N-dealkylation sites (N-methyl/N-ethyl adjacent to an activating group) is 1. The quantitative estimate of drug-likeness (QED) is 0.573. The summed E-state index contributed by atoms with van der Waals surface area (Å²) in [4.78, 5) is 28.1. The number of aryl methyl sites for hydroxylation is 1. The highest BCUT2D eigenvalue weighted by atomic mass is 16.2. The van der Waals surface area contributed by atoms with Gasteiger partial charge in [-0.1, -0.05) is 26.5 Å². The van der Waals surface area contributed by atoms with Gasteiger partial charge in [0, 0.05) is 31.5 Å². The SMILES string of the molecule is C=C(C)c1ccc(Cn2cc(CNc3nc(C)c4c(n3)N(C)[C@@H](C(C)C)C(=O)N4)cn2)cn1. The van der Waals surface area contributed by atoms with Gasteiger partial charge in [0.15, 0.2) is 5.82 Å². The van der Waals surface area contributed by atoms with Crippen LogP contribution in [0.15, 0.2) is 37.3 Å². The van der Waals surface area contributed by atoms with Crippen molar-refractivity contribution in [1.82, 2.24) is 24.7 Å². The maximum atomic E-state index is 12.5. The van der Waals surface area contributed by atoms with E-state index in [1.54, 1.807) is 0 Å². The summed E-state index contributed by atoms with van der Waals surface area (Å²) < 4.78 is 1.88. The number of allylic oxidation sites excluding steroid dienone is 1. The Labute approximate surface area is 194 Å². The Bertz CT molecular complexity index is 1180. The second-order valence-electron chi connectivity index (χ2n) is 8.85. The molecule has 1 atom stereocenters. The topological polar surface area (TPSA) is 101 Å². The molecule has 9 heteroatoms. The predicted octanol–water partition coefficient (Wildman–Crippen LogP) is 3.48. The molecular weight excluding hydrogens is 416 g/mol. The lowest BCUT2D eigenvalue weighted by Gasteiger charge is -2.36. The number of hydrogen-bond donors (Lipinski definition) is 2. The molecule has 1 aliphatic heterocycles. The number of aromatic nitrogens is 5. The van der Waals surface area contributed by atoms with Gasteiger partial charge in [0.2, 0.25) is 11.9 Å². The first-order chi connectivity index (χ1) is 15.7. The number of rotatable bonds is 7. The van der Waals surface area contributed by atoms with E-state index in [1.807, 2.05) is 75.0 Å². The molecule has 0 saturated carbocycles. The van der Waals surface area contributed by atoms with Gasteiger partial charge in [-0.2, -0.15) is 10.1 Å².